The molecule has 0 saturated carbocycles. The number of hydrogen-bond donors (Lipinski definition) is 1. The second-order valence-electron chi connectivity index (χ2n) is 7.21. The van der Waals surface area contributed by atoms with Crippen molar-refractivity contribution in [3.05, 3.63) is 101 Å². The average molecular weight is 537 g/mol. The van der Waals surface area contributed by atoms with Gasteiger partial charge in [-0.3, -0.25) is 4.79 Å². The normalized spacial score (nSPS) is 10.6. The van der Waals surface area contributed by atoms with Crippen LogP contribution in [0.3, 0.4) is 0 Å². The molecular weight excluding hydrogens is 512 g/mol. The van der Waals surface area contributed by atoms with Gasteiger partial charge in [-0.1, -0.05) is 40.2 Å². The van der Waals surface area contributed by atoms with Crippen molar-refractivity contribution in [2.24, 2.45) is 5.10 Å². The van der Waals surface area contributed by atoms with E-state index < -0.39 is 11.9 Å². The fourth-order valence-electron chi connectivity index (χ4n) is 3.04. The van der Waals surface area contributed by atoms with E-state index in [1.165, 1.54) is 6.21 Å². The molecule has 3 aromatic carbocycles. The van der Waals surface area contributed by atoms with Crippen LogP contribution in [0.25, 0.3) is 0 Å². The molecule has 3 rings (SSSR count). The molecule has 35 heavy (non-hydrogen) atoms. The van der Waals surface area contributed by atoms with E-state index >= 15 is 0 Å². The van der Waals surface area contributed by atoms with E-state index in [9.17, 15) is 9.59 Å². The van der Waals surface area contributed by atoms with Gasteiger partial charge in [0.25, 0.3) is 5.91 Å². The molecular formula is C27H25BrN2O5. The molecule has 0 atom stereocenters. The Morgan fingerprint density at radius 1 is 1.03 bits per heavy atom. The van der Waals surface area contributed by atoms with Gasteiger partial charge < -0.3 is 14.2 Å². The summed E-state index contributed by atoms with van der Waals surface area (Å²) in [6.07, 6.45) is 3.80. The number of benzene rings is 3. The third-order valence-electron chi connectivity index (χ3n) is 4.66. The minimum Gasteiger partial charge on any atom is -0.494 e. The van der Waals surface area contributed by atoms with E-state index in [1.807, 2.05) is 25.1 Å². The van der Waals surface area contributed by atoms with Gasteiger partial charge in [-0.05, 0) is 67.4 Å². The summed E-state index contributed by atoms with van der Waals surface area (Å²) in [4.78, 5) is 24.8. The summed E-state index contributed by atoms with van der Waals surface area (Å²) < 4.78 is 17.3. The van der Waals surface area contributed by atoms with Gasteiger partial charge in [0.15, 0.2) is 6.61 Å². The van der Waals surface area contributed by atoms with Gasteiger partial charge in [-0.2, -0.15) is 5.10 Å². The van der Waals surface area contributed by atoms with Gasteiger partial charge in [0, 0.05) is 10.0 Å². The molecule has 3 aromatic rings. The fraction of sp³-hybridized carbons (Fsp3) is 0.148. The lowest BCUT2D eigenvalue weighted by atomic mass is 10.1. The van der Waals surface area contributed by atoms with Gasteiger partial charge in [0.1, 0.15) is 17.2 Å². The SMILES string of the molecule is C=CCc1ccccc1OCC(=O)NN=Cc1cc(Br)ccc1OC(=O)c1ccc(OCC)cc1. The van der Waals surface area contributed by atoms with E-state index in [-0.39, 0.29) is 6.61 Å². The molecule has 1 N–H and O–H groups in total. The lowest BCUT2D eigenvalue weighted by molar-refractivity contribution is -0.123. The number of rotatable bonds is 11. The first-order valence-corrected chi connectivity index (χ1v) is 11.7. The highest BCUT2D eigenvalue weighted by atomic mass is 79.9. The van der Waals surface area contributed by atoms with Crippen LogP contribution in [0.4, 0.5) is 0 Å². The monoisotopic (exact) mass is 536 g/mol. The summed E-state index contributed by atoms with van der Waals surface area (Å²) in [7, 11) is 0. The predicted molar refractivity (Wildman–Crippen MR) is 138 cm³/mol. The summed E-state index contributed by atoms with van der Waals surface area (Å²) in [5, 5.41) is 3.98. The molecule has 0 aliphatic heterocycles. The van der Waals surface area contributed by atoms with Gasteiger partial charge >= 0.3 is 5.97 Å². The third kappa shape index (κ3) is 7.82. The second kappa shape index (κ2) is 13.1. The number of nitrogens with zero attached hydrogens (tertiary/aromatic N) is 1. The van der Waals surface area contributed by atoms with Crippen LogP contribution in [0.5, 0.6) is 17.2 Å². The number of para-hydroxylation sites is 1. The molecule has 0 bridgehead atoms. The highest BCUT2D eigenvalue weighted by Gasteiger charge is 2.12. The van der Waals surface area contributed by atoms with Crippen molar-refractivity contribution in [1.82, 2.24) is 5.43 Å². The standard InChI is InChI=1S/C27H25BrN2O5/c1-3-7-19-8-5-6-9-24(19)34-18-26(31)30-29-17-21-16-22(28)12-15-25(21)35-27(32)20-10-13-23(14-11-20)33-4-2/h3,5-6,8-17H,1,4,7,18H2,2H3,(H,30,31). The van der Waals surface area contributed by atoms with Crippen LogP contribution < -0.4 is 19.6 Å². The first kappa shape index (κ1) is 25.7. The number of halogens is 1. The fourth-order valence-corrected chi connectivity index (χ4v) is 3.42. The summed E-state index contributed by atoms with van der Waals surface area (Å²) in [5.41, 5.74) is 4.23. The van der Waals surface area contributed by atoms with Crippen LogP contribution in [0.2, 0.25) is 0 Å². The molecule has 0 aliphatic rings. The molecule has 0 heterocycles. The van der Waals surface area contributed by atoms with Crippen molar-refractivity contribution in [3.63, 3.8) is 0 Å². The van der Waals surface area contributed by atoms with E-state index in [0.29, 0.717) is 41.4 Å². The number of hydrazone groups is 1. The molecule has 180 valence electrons. The molecule has 8 heteroatoms. The Hall–Kier alpha value is -3.91. The first-order valence-electron chi connectivity index (χ1n) is 10.9. The maximum absolute atomic E-state index is 12.6. The second-order valence-corrected chi connectivity index (χ2v) is 8.13. The maximum Gasteiger partial charge on any atom is 0.343 e. The number of hydrogen-bond acceptors (Lipinski definition) is 6. The number of esters is 1. The molecule has 0 fully saturated rings. The number of carbonyl (C=O) groups is 2. The van der Waals surface area contributed by atoms with Crippen molar-refractivity contribution in [1.29, 1.82) is 0 Å². The van der Waals surface area contributed by atoms with Crippen LogP contribution in [-0.4, -0.2) is 31.3 Å². The Balaban J connectivity index is 1.61. The number of allylic oxidation sites excluding steroid dienone is 1. The number of carbonyl (C=O) groups excluding carboxylic acids is 2. The molecule has 1 amide bonds. The predicted octanol–water partition coefficient (Wildman–Crippen LogP) is 5.32. The number of ether oxygens (including phenoxy) is 3. The first-order chi connectivity index (χ1) is 17.0. The zero-order valence-corrected chi connectivity index (χ0v) is 20.8. The lowest BCUT2D eigenvalue weighted by Crippen LogP contribution is -2.24. The quantitative estimate of drug-likeness (QED) is 0.118. The Bertz CT molecular complexity index is 1210. The highest BCUT2D eigenvalue weighted by molar-refractivity contribution is 9.10. The molecule has 7 nitrogen and oxygen atoms in total. The molecule has 0 aliphatic carbocycles. The summed E-state index contributed by atoms with van der Waals surface area (Å²) in [6.45, 7) is 5.95. The van der Waals surface area contributed by atoms with Crippen molar-refractivity contribution < 1.29 is 23.8 Å². The van der Waals surface area contributed by atoms with Crippen LogP contribution in [0, 0.1) is 0 Å². The average Bonchev–Trinajstić information content (AvgIpc) is 2.86. The number of nitrogens with one attached hydrogen (secondary N) is 1. The minimum absolute atomic E-state index is 0.205. The minimum atomic E-state index is -0.527. The van der Waals surface area contributed by atoms with Crippen LogP contribution in [0.15, 0.2) is 89.0 Å². The van der Waals surface area contributed by atoms with Gasteiger partial charge in [0.05, 0.1) is 18.4 Å². The molecule has 0 aromatic heterocycles. The van der Waals surface area contributed by atoms with Crippen molar-refractivity contribution in [2.75, 3.05) is 13.2 Å². The maximum atomic E-state index is 12.6. The van der Waals surface area contributed by atoms with Crippen molar-refractivity contribution in [3.8, 4) is 17.2 Å². The van der Waals surface area contributed by atoms with Crippen LogP contribution >= 0.6 is 15.9 Å². The Morgan fingerprint density at radius 3 is 2.54 bits per heavy atom. The van der Waals surface area contributed by atoms with Gasteiger partial charge in [0.2, 0.25) is 0 Å². The summed E-state index contributed by atoms with van der Waals surface area (Å²) in [5.74, 6) is 0.615. The molecule has 0 unspecified atom stereocenters. The van der Waals surface area contributed by atoms with Crippen LogP contribution in [-0.2, 0) is 11.2 Å². The highest BCUT2D eigenvalue weighted by Crippen LogP contribution is 2.23. The van der Waals surface area contributed by atoms with E-state index in [4.69, 9.17) is 14.2 Å². The van der Waals surface area contributed by atoms with E-state index in [1.54, 1.807) is 54.6 Å². The smallest absolute Gasteiger partial charge is 0.343 e. The Labute approximate surface area is 212 Å². The lowest BCUT2D eigenvalue weighted by Gasteiger charge is -2.10. The van der Waals surface area contributed by atoms with Crippen molar-refractivity contribution in [2.45, 2.75) is 13.3 Å². The van der Waals surface area contributed by atoms with Gasteiger partial charge in [-0.25, -0.2) is 10.2 Å². The molecule has 0 radical (unpaired) electrons. The topological polar surface area (TPSA) is 86.2 Å². The number of amides is 1. The van der Waals surface area contributed by atoms with Gasteiger partial charge in [-0.15, -0.1) is 6.58 Å². The third-order valence-corrected chi connectivity index (χ3v) is 5.16. The largest absolute Gasteiger partial charge is 0.494 e. The zero-order chi connectivity index (χ0) is 25.0. The Kier molecular flexibility index (Phi) is 9.62. The Morgan fingerprint density at radius 2 is 1.80 bits per heavy atom. The van der Waals surface area contributed by atoms with E-state index in [0.717, 1.165) is 10.0 Å². The summed E-state index contributed by atoms with van der Waals surface area (Å²) >= 11 is 3.39. The zero-order valence-electron chi connectivity index (χ0n) is 19.2. The van der Waals surface area contributed by atoms with Crippen molar-refractivity contribution >= 4 is 34.0 Å². The van der Waals surface area contributed by atoms with Crippen LogP contribution in [0.1, 0.15) is 28.4 Å². The summed E-state index contributed by atoms with van der Waals surface area (Å²) in [6, 6.07) is 19.2. The molecule has 0 spiro atoms. The van der Waals surface area contributed by atoms with E-state index in [2.05, 4.69) is 33.0 Å². The molecule has 0 saturated heterocycles.